The average Bonchev–Trinajstić information content (AvgIpc) is 2.11. The lowest BCUT2D eigenvalue weighted by atomic mass is 10.1. The molecule has 5 nitrogen and oxygen atoms in total. The van der Waals surface area contributed by atoms with Crippen molar-refractivity contribution in [1.29, 1.82) is 0 Å². The third-order valence-corrected chi connectivity index (χ3v) is 2.13. The second kappa shape index (κ2) is 7.58. The van der Waals surface area contributed by atoms with Crippen molar-refractivity contribution in [2.45, 2.75) is 18.9 Å². The highest BCUT2D eigenvalue weighted by Crippen LogP contribution is 1.99. The first-order valence-electron chi connectivity index (χ1n) is 4.56. The van der Waals surface area contributed by atoms with E-state index in [4.69, 9.17) is 4.55 Å². The zero-order valence-corrected chi connectivity index (χ0v) is 9.37. The van der Waals surface area contributed by atoms with Crippen LogP contribution in [0.25, 0.3) is 0 Å². The molecule has 0 aliphatic carbocycles. The van der Waals surface area contributed by atoms with Crippen molar-refractivity contribution in [3.05, 3.63) is 25.3 Å². The highest BCUT2D eigenvalue weighted by atomic mass is 32.3. The Labute approximate surface area is 90.8 Å². The molecule has 0 saturated carbocycles. The molecule has 2 N–H and O–H groups in total. The van der Waals surface area contributed by atoms with Gasteiger partial charge in [-0.3, -0.25) is 4.55 Å². The van der Waals surface area contributed by atoms with Gasteiger partial charge < -0.3 is 5.32 Å². The topological polar surface area (TPSA) is 75.6 Å². The minimum atomic E-state index is -4.33. The van der Waals surface area contributed by atoms with Crippen LogP contribution in [0.3, 0.4) is 0 Å². The monoisotopic (exact) mass is 235 g/mol. The maximum atomic E-state index is 10.2. The van der Waals surface area contributed by atoms with E-state index in [0.717, 1.165) is 12.8 Å². The van der Waals surface area contributed by atoms with Crippen LogP contribution in [0, 0.1) is 0 Å². The molecule has 6 heteroatoms. The van der Waals surface area contributed by atoms with Crippen molar-refractivity contribution in [2.24, 2.45) is 0 Å². The Hall–Kier alpha value is -0.690. The third-order valence-electron chi connectivity index (χ3n) is 1.67. The predicted molar refractivity (Wildman–Crippen MR) is 58.9 cm³/mol. The molecule has 0 atom stereocenters. The molecule has 0 spiro atoms. The molecular formula is C9H17NO4S. The summed E-state index contributed by atoms with van der Waals surface area (Å²) in [7, 11) is -4.33. The van der Waals surface area contributed by atoms with Crippen LogP contribution in [-0.2, 0) is 14.6 Å². The Kier molecular flexibility index (Phi) is 7.23. The van der Waals surface area contributed by atoms with Crippen molar-refractivity contribution >= 4 is 10.4 Å². The largest absolute Gasteiger partial charge is 0.397 e. The van der Waals surface area contributed by atoms with Crippen molar-refractivity contribution in [1.82, 2.24) is 5.32 Å². The number of hydrogen-bond donors (Lipinski definition) is 2. The Morgan fingerprint density at radius 3 is 2.27 bits per heavy atom. The molecular weight excluding hydrogens is 218 g/mol. The smallest absolute Gasteiger partial charge is 0.311 e. The molecule has 0 aromatic heterocycles. The molecule has 0 aliphatic heterocycles. The first kappa shape index (κ1) is 14.3. The Balaban J connectivity index is 3.70. The second-order valence-electron chi connectivity index (χ2n) is 2.95. The first-order valence-corrected chi connectivity index (χ1v) is 5.93. The standard InChI is InChI=1S/C9H17NO4S/c1-3-5-9(6-4-2)10-7-8-14-15(11,12)13/h3-4,9-10H,1-2,5-8H2,(H,11,12,13). The van der Waals surface area contributed by atoms with E-state index in [0.29, 0.717) is 6.54 Å². The van der Waals surface area contributed by atoms with Crippen molar-refractivity contribution in [2.75, 3.05) is 13.2 Å². The van der Waals surface area contributed by atoms with E-state index in [-0.39, 0.29) is 12.6 Å². The van der Waals surface area contributed by atoms with Crippen LogP contribution in [0.4, 0.5) is 0 Å². The summed E-state index contributed by atoms with van der Waals surface area (Å²) in [4.78, 5) is 0. The predicted octanol–water partition coefficient (Wildman–Crippen LogP) is 0.916. The zero-order chi connectivity index (χ0) is 11.7. The van der Waals surface area contributed by atoms with E-state index in [1.807, 2.05) is 0 Å². The van der Waals surface area contributed by atoms with Crippen LogP contribution in [0.5, 0.6) is 0 Å². The second-order valence-corrected chi connectivity index (χ2v) is 4.04. The Bertz CT molecular complexity index is 276. The Morgan fingerprint density at radius 1 is 1.33 bits per heavy atom. The quantitative estimate of drug-likeness (QED) is 0.353. The molecule has 0 radical (unpaired) electrons. The molecule has 0 fully saturated rings. The molecule has 0 unspecified atom stereocenters. The molecule has 15 heavy (non-hydrogen) atoms. The van der Waals surface area contributed by atoms with E-state index in [2.05, 4.69) is 22.7 Å². The molecule has 0 rings (SSSR count). The number of nitrogens with one attached hydrogen (secondary N) is 1. The van der Waals surface area contributed by atoms with Gasteiger partial charge in [0.05, 0.1) is 6.61 Å². The summed E-state index contributed by atoms with van der Waals surface area (Å²) in [5, 5.41) is 3.05. The summed E-state index contributed by atoms with van der Waals surface area (Å²) in [6.45, 7) is 7.46. The summed E-state index contributed by atoms with van der Waals surface area (Å²) in [5.41, 5.74) is 0. The molecule has 88 valence electrons. The average molecular weight is 235 g/mol. The lowest BCUT2D eigenvalue weighted by Crippen LogP contribution is -2.31. The van der Waals surface area contributed by atoms with Gasteiger partial charge in [0.15, 0.2) is 0 Å². The van der Waals surface area contributed by atoms with Crippen LogP contribution in [0.2, 0.25) is 0 Å². The van der Waals surface area contributed by atoms with E-state index >= 15 is 0 Å². The van der Waals surface area contributed by atoms with E-state index < -0.39 is 10.4 Å². The maximum absolute atomic E-state index is 10.2. The molecule has 0 aromatic rings. The van der Waals surface area contributed by atoms with Gasteiger partial charge in [0.2, 0.25) is 0 Å². The van der Waals surface area contributed by atoms with Gasteiger partial charge in [0.1, 0.15) is 0 Å². The van der Waals surface area contributed by atoms with Crippen LogP contribution in [0.1, 0.15) is 12.8 Å². The van der Waals surface area contributed by atoms with Gasteiger partial charge >= 0.3 is 10.4 Å². The molecule has 0 heterocycles. The summed E-state index contributed by atoms with van der Waals surface area (Å²) in [6.07, 6.45) is 5.06. The van der Waals surface area contributed by atoms with Crippen LogP contribution < -0.4 is 5.32 Å². The maximum Gasteiger partial charge on any atom is 0.397 e. The fraction of sp³-hybridized carbons (Fsp3) is 0.556. The lowest BCUT2D eigenvalue weighted by Gasteiger charge is -2.14. The summed E-state index contributed by atoms with van der Waals surface area (Å²) < 4.78 is 32.8. The van der Waals surface area contributed by atoms with Crippen molar-refractivity contribution in [3.63, 3.8) is 0 Å². The Morgan fingerprint density at radius 2 is 1.87 bits per heavy atom. The molecule has 0 bridgehead atoms. The van der Waals surface area contributed by atoms with Crippen LogP contribution in [0.15, 0.2) is 25.3 Å². The zero-order valence-electron chi connectivity index (χ0n) is 8.55. The fourth-order valence-corrected chi connectivity index (χ4v) is 1.37. The fourth-order valence-electron chi connectivity index (χ4n) is 1.08. The van der Waals surface area contributed by atoms with Gasteiger partial charge in [-0.05, 0) is 12.8 Å². The van der Waals surface area contributed by atoms with Crippen LogP contribution in [-0.4, -0.2) is 32.2 Å². The van der Waals surface area contributed by atoms with Gasteiger partial charge in [-0.1, -0.05) is 12.2 Å². The van der Waals surface area contributed by atoms with Gasteiger partial charge in [-0.2, -0.15) is 8.42 Å². The highest BCUT2D eigenvalue weighted by molar-refractivity contribution is 7.80. The van der Waals surface area contributed by atoms with E-state index in [9.17, 15) is 8.42 Å². The number of rotatable bonds is 9. The number of hydrogen-bond acceptors (Lipinski definition) is 4. The summed E-state index contributed by atoms with van der Waals surface area (Å²) in [5.74, 6) is 0. The van der Waals surface area contributed by atoms with Crippen molar-refractivity contribution < 1.29 is 17.2 Å². The minimum absolute atomic E-state index is 0.0936. The van der Waals surface area contributed by atoms with Crippen LogP contribution >= 0.6 is 0 Å². The van der Waals surface area contributed by atoms with E-state index in [1.165, 1.54) is 0 Å². The summed E-state index contributed by atoms with van der Waals surface area (Å²) in [6, 6.07) is 0.171. The van der Waals surface area contributed by atoms with Gasteiger partial charge in [0.25, 0.3) is 0 Å². The van der Waals surface area contributed by atoms with Gasteiger partial charge in [0, 0.05) is 12.6 Å². The first-order chi connectivity index (χ1) is 6.99. The summed E-state index contributed by atoms with van der Waals surface area (Å²) >= 11 is 0. The molecule has 0 aromatic carbocycles. The highest BCUT2D eigenvalue weighted by Gasteiger charge is 2.06. The third kappa shape index (κ3) is 9.61. The van der Waals surface area contributed by atoms with Gasteiger partial charge in [-0.15, -0.1) is 13.2 Å². The SMILES string of the molecule is C=CCC(CC=C)NCCOS(=O)(=O)O. The van der Waals surface area contributed by atoms with Crippen molar-refractivity contribution in [3.8, 4) is 0 Å². The van der Waals surface area contributed by atoms with Gasteiger partial charge in [-0.25, -0.2) is 4.18 Å². The lowest BCUT2D eigenvalue weighted by molar-refractivity contribution is 0.263. The molecule has 0 amide bonds. The molecule has 0 aliphatic rings. The normalized spacial score (nSPS) is 11.6. The minimum Gasteiger partial charge on any atom is -0.311 e. The van der Waals surface area contributed by atoms with E-state index in [1.54, 1.807) is 12.2 Å². The molecule has 0 saturated heterocycles.